The van der Waals surface area contributed by atoms with Gasteiger partial charge in [-0.1, -0.05) is 12.5 Å². The number of hydrogen-bond donors (Lipinski definition) is 1. The topological polar surface area (TPSA) is 75.2 Å². The highest BCUT2D eigenvalue weighted by molar-refractivity contribution is 7.91. The first kappa shape index (κ1) is 19.9. The molecule has 0 radical (unpaired) electrons. The van der Waals surface area contributed by atoms with Crippen LogP contribution in [0.5, 0.6) is 0 Å². The Morgan fingerprint density at radius 3 is 2.66 bits per heavy atom. The van der Waals surface area contributed by atoms with E-state index in [1.807, 2.05) is 6.92 Å². The van der Waals surface area contributed by atoms with Crippen LogP contribution in [0.25, 0.3) is 10.6 Å². The van der Waals surface area contributed by atoms with Crippen molar-refractivity contribution >= 4 is 33.0 Å². The Kier molecular flexibility index (Phi) is 5.62. The zero-order chi connectivity index (χ0) is 20.4. The number of nitrogens with one attached hydrogen (secondary N) is 1. The second-order valence-electron chi connectivity index (χ2n) is 6.96. The van der Waals surface area contributed by atoms with E-state index in [0.717, 1.165) is 29.7 Å². The number of piperidine rings is 1. The minimum atomic E-state index is -3.47. The quantitative estimate of drug-likeness (QED) is 0.639. The van der Waals surface area contributed by atoms with Gasteiger partial charge in [-0.25, -0.2) is 22.8 Å². The molecule has 1 aliphatic rings. The molecule has 0 spiro atoms. The highest BCUT2D eigenvalue weighted by Crippen LogP contribution is 2.32. The van der Waals surface area contributed by atoms with Gasteiger partial charge in [-0.2, -0.15) is 4.31 Å². The van der Waals surface area contributed by atoms with E-state index in [1.165, 1.54) is 17.4 Å². The summed E-state index contributed by atoms with van der Waals surface area (Å²) in [7, 11) is -3.47. The fourth-order valence-electron chi connectivity index (χ4n) is 3.23. The number of thiophene rings is 1. The Bertz CT molecular complexity index is 1130. The number of halogens is 1. The smallest absolute Gasteiger partial charge is 0.252 e. The number of benzene rings is 1. The van der Waals surface area contributed by atoms with Crippen molar-refractivity contribution in [2.24, 2.45) is 0 Å². The molecule has 1 aromatic carbocycles. The number of aromatic nitrogens is 2. The molecule has 1 fully saturated rings. The normalized spacial score (nSPS) is 15.4. The van der Waals surface area contributed by atoms with Crippen molar-refractivity contribution in [3.63, 3.8) is 0 Å². The molecule has 9 heteroatoms. The predicted molar refractivity (Wildman–Crippen MR) is 112 cm³/mol. The first-order valence-electron chi connectivity index (χ1n) is 9.40. The van der Waals surface area contributed by atoms with Crippen LogP contribution in [-0.4, -0.2) is 35.8 Å². The summed E-state index contributed by atoms with van der Waals surface area (Å²) in [6, 6.07) is 9.95. The van der Waals surface area contributed by atoms with Crippen molar-refractivity contribution in [2.75, 3.05) is 18.4 Å². The molecule has 6 nitrogen and oxygen atoms in total. The lowest BCUT2D eigenvalue weighted by atomic mass is 10.2. The van der Waals surface area contributed by atoms with Crippen LogP contribution in [0.2, 0.25) is 0 Å². The van der Waals surface area contributed by atoms with Crippen molar-refractivity contribution < 1.29 is 12.8 Å². The largest absolute Gasteiger partial charge is 0.322 e. The molecule has 1 N–H and O–H groups in total. The maximum absolute atomic E-state index is 14.1. The molecule has 0 bridgehead atoms. The van der Waals surface area contributed by atoms with Crippen LogP contribution in [0.3, 0.4) is 0 Å². The molecule has 0 unspecified atom stereocenters. The summed E-state index contributed by atoms with van der Waals surface area (Å²) in [6.45, 7) is 2.95. The summed E-state index contributed by atoms with van der Waals surface area (Å²) in [6.07, 6.45) is 4.43. The van der Waals surface area contributed by atoms with E-state index < -0.39 is 10.0 Å². The molecule has 2 aromatic heterocycles. The van der Waals surface area contributed by atoms with Crippen LogP contribution in [0.1, 0.15) is 24.8 Å². The average molecular weight is 433 g/mol. The van der Waals surface area contributed by atoms with Crippen LogP contribution in [0.4, 0.5) is 16.0 Å². The minimum absolute atomic E-state index is 0.249. The Balaban J connectivity index is 1.57. The van der Waals surface area contributed by atoms with Gasteiger partial charge in [-0.15, -0.1) is 11.3 Å². The van der Waals surface area contributed by atoms with E-state index in [9.17, 15) is 12.8 Å². The zero-order valence-electron chi connectivity index (χ0n) is 15.9. The summed E-state index contributed by atoms with van der Waals surface area (Å²) < 4.78 is 41.7. The van der Waals surface area contributed by atoms with Gasteiger partial charge in [0.25, 0.3) is 10.0 Å². The lowest BCUT2D eigenvalue weighted by Crippen LogP contribution is -2.35. The summed E-state index contributed by atoms with van der Waals surface area (Å²) in [5, 5.41) is 2.88. The number of aryl methyl sites for hydroxylation is 1. The first-order chi connectivity index (χ1) is 13.9. The summed E-state index contributed by atoms with van der Waals surface area (Å²) in [4.78, 5) is 9.28. The third kappa shape index (κ3) is 4.31. The van der Waals surface area contributed by atoms with Gasteiger partial charge in [-0.05, 0) is 55.7 Å². The standard InChI is InChI=1S/C20H21FN4O2S2/c1-14-5-6-16(15(21)13-14)23-20-22-10-9-17(24-20)18-7-8-19(28-18)29(26,27)25-11-3-2-4-12-25/h5-10,13H,2-4,11-12H2,1H3,(H,22,23,24). The van der Waals surface area contributed by atoms with E-state index in [-0.39, 0.29) is 17.5 Å². The summed E-state index contributed by atoms with van der Waals surface area (Å²) >= 11 is 1.18. The van der Waals surface area contributed by atoms with Crippen molar-refractivity contribution in [1.82, 2.24) is 14.3 Å². The fraction of sp³-hybridized carbons (Fsp3) is 0.300. The van der Waals surface area contributed by atoms with Gasteiger partial charge in [0.15, 0.2) is 0 Å². The molecule has 0 aliphatic carbocycles. The van der Waals surface area contributed by atoms with E-state index >= 15 is 0 Å². The van der Waals surface area contributed by atoms with E-state index in [0.29, 0.717) is 23.0 Å². The Morgan fingerprint density at radius 2 is 1.90 bits per heavy atom. The minimum Gasteiger partial charge on any atom is -0.322 e. The monoisotopic (exact) mass is 432 g/mol. The molecule has 0 atom stereocenters. The Labute approximate surface area is 173 Å². The van der Waals surface area contributed by atoms with Crippen molar-refractivity contribution in [1.29, 1.82) is 0 Å². The van der Waals surface area contributed by atoms with Crippen molar-refractivity contribution in [3.05, 3.63) is 54.0 Å². The van der Waals surface area contributed by atoms with Gasteiger partial charge >= 0.3 is 0 Å². The Morgan fingerprint density at radius 1 is 1.10 bits per heavy atom. The molecule has 0 saturated carbocycles. The number of hydrogen-bond acceptors (Lipinski definition) is 6. The zero-order valence-corrected chi connectivity index (χ0v) is 17.6. The molecule has 3 heterocycles. The number of sulfonamides is 1. The molecular weight excluding hydrogens is 411 g/mol. The number of anilines is 2. The van der Waals surface area contributed by atoms with Gasteiger partial charge in [0.05, 0.1) is 16.3 Å². The van der Waals surface area contributed by atoms with Crippen LogP contribution >= 0.6 is 11.3 Å². The van der Waals surface area contributed by atoms with Gasteiger partial charge < -0.3 is 5.32 Å². The van der Waals surface area contributed by atoms with E-state index in [4.69, 9.17) is 0 Å². The molecule has 3 aromatic rings. The molecule has 0 amide bonds. The van der Waals surface area contributed by atoms with Gasteiger partial charge in [0.2, 0.25) is 5.95 Å². The molecule has 152 valence electrons. The predicted octanol–water partition coefficient (Wildman–Crippen LogP) is 4.57. The maximum Gasteiger partial charge on any atom is 0.252 e. The first-order valence-corrected chi connectivity index (χ1v) is 11.7. The van der Waals surface area contributed by atoms with Crippen LogP contribution in [0, 0.1) is 12.7 Å². The molecule has 4 rings (SSSR count). The Hall–Kier alpha value is -2.36. The van der Waals surface area contributed by atoms with Crippen molar-refractivity contribution in [3.8, 4) is 10.6 Å². The fourth-order valence-corrected chi connectivity index (χ4v) is 6.17. The third-order valence-electron chi connectivity index (χ3n) is 4.77. The molecule has 1 saturated heterocycles. The summed E-state index contributed by atoms with van der Waals surface area (Å²) in [5.74, 6) is -0.135. The molecular formula is C20H21FN4O2S2. The lowest BCUT2D eigenvalue weighted by Gasteiger charge is -2.25. The summed E-state index contributed by atoms with van der Waals surface area (Å²) in [5.41, 5.74) is 1.69. The van der Waals surface area contributed by atoms with E-state index in [2.05, 4.69) is 15.3 Å². The SMILES string of the molecule is Cc1ccc(Nc2nccc(-c3ccc(S(=O)(=O)N4CCCCC4)s3)n2)c(F)c1. The molecule has 29 heavy (non-hydrogen) atoms. The van der Waals surface area contributed by atoms with Crippen LogP contribution < -0.4 is 5.32 Å². The second kappa shape index (κ2) is 8.17. The average Bonchev–Trinajstić information content (AvgIpc) is 3.22. The second-order valence-corrected chi connectivity index (χ2v) is 10.2. The van der Waals surface area contributed by atoms with Gasteiger partial charge in [0.1, 0.15) is 10.0 Å². The number of nitrogens with zero attached hydrogens (tertiary/aromatic N) is 3. The highest BCUT2D eigenvalue weighted by atomic mass is 32.2. The third-order valence-corrected chi connectivity index (χ3v) is 8.24. The van der Waals surface area contributed by atoms with E-state index in [1.54, 1.807) is 40.8 Å². The molecule has 1 aliphatic heterocycles. The van der Waals surface area contributed by atoms with Crippen LogP contribution in [0.15, 0.2) is 46.8 Å². The number of rotatable bonds is 5. The lowest BCUT2D eigenvalue weighted by molar-refractivity contribution is 0.347. The van der Waals surface area contributed by atoms with Crippen molar-refractivity contribution in [2.45, 2.75) is 30.4 Å². The van der Waals surface area contributed by atoms with Gasteiger partial charge in [0, 0.05) is 19.3 Å². The highest BCUT2D eigenvalue weighted by Gasteiger charge is 2.27. The van der Waals surface area contributed by atoms with Gasteiger partial charge in [-0.3, -0.25) is 0 Å². The van der Waals surface area contributed by atoms with Crippen LogP contribution in [-0.2, 0) is 10.0 Å². The maximum atomic E-state index is 14.1.